The van der Waals surface area contributed by atoms with Crippen LogP contribution >= 0.6 is 0 Å². The number of pyridine rings is 1. The number of benzene rings is 1. The van der Waals surface area contributed by atoms with Crippen molar-refractivity contribution in [3.05, 3.63) is 47.9 Å². The van der Waals surface area contributed by atoms with E-state index >= 15 is 0 Å². The van der Waals surface area contributed by atoms with Gasteiger partial charge in [-0.3, -0.25) is 4.79 Å². The van der Waals surface area contributed by atoms with Crippen molar-refractivity contribution < 1.29 is 23.8 Å². The Labute approximate surface area is 170 Å². The van der Waals surface area contributed by atoms with Crippen molar-refractivity contribution in [1.82, 2.24) is 10.3 Å². The molecule has 2 N–H and O–H groups in total. The Morgan fingerprint density at radius 1 is 1.24 bits per heavy atom. The van der Waals surface area contributed by atoms with Gasteiger partial charge in [-0.15, -0.1) is 0 Å². The Kier molecular flexibility index (Phi) is 7.55. The fourth-order valence-electron chi connectivity index (χ4n) is 3.43. The quantitative estimate of drug-likeness (QED) is 0.662. The molecule has 2 atom stereocenters. The third-order valence-electron chi connectivity index (χ3n) is 5.05. The van der Waals surface area contributed by atoms with Crippen LogP contribution in [0.3, 0.4) is 0 Å². The number of carbonyl (C=O) groups is 1. The van der Waals surface area contributed by atoms with Gasteiger partial charge in [0, 0.05) is 31.9 Å². The van der Waals surface area contributed by atoms with E-state index in [-0.39, 0.29) is 17.8 Å². The number of halogens is 1. The van der Waals surface area contributed by atoms with Crippen molar-refractivity contribution in [3.63, 3.8) is 0 Å². The molecule has 6 nitrogen and oxygen atoms in total. The number of carbonyl (C=O) groups excluding carboxylic acids is 1. The smallest absolute Gasteiger partial charge is 0.253 e. The molecule has 2 aromatic rings. The van der Waals surface area contributed by atoms with Gasteiger partial charge in [-0.25, -0.2) is 9.37 Å². The van der Waals surface area contributed by atoms with E-state index in [4.69, 9.17) is 9.47 Å². The van der Waals surface area contributed by atoms with Gasteiger partial charge in [-0.05, 0) is 36.6 Å². The highest BCUT2D eigenvalue weighted by Gasteiger charge is 2.25. The maximum atomic E-state index is 13.3. The monoisotopic (exact) mass is 402 g/mol. The molecular formula is C22H27FN2O4. The number of hydrogen-bond donors (Lipinski definition) is 2. The lowest BCUT2D eigenvalue weighted by molar-refractivity contribution is 0.0717. The van der Waals surface area contributed by atoms with Gasteiger partial charge in [-0.2, -0.15) is 0 Å². The van der Waals surface area contributed by atoms with Crippen LogP contribution in [0.25, 0.3) is 11.1 Å². The summed E-state index contributed by atoms with van der Waals surface area (Å²) in [7, 11) is 1.62. The minimum absolute atomic E-state index is 0.254. The number of nitrogens with one attached hydrogen (secondary N) is 1. The highest BCUT2D eigenvalue weighted by Crippen LogP contribution is 2.29. The van der Waals surface area contributed by atoms with Crippen molar-refractivity contribution >= 4 is 5.91 Å². The van der Waals surface area contributed by atoms with E-state index in [9.17, 15) is 14.3 Å². The third kappa shape index (κ3) is 5.74. The summed E-state index contributed by atoms with van der Waals surface area (Å²) in [6.45, 7) is 0.977. The highest BCUT2D eigenvalue weighted by molar-refractivity contribution is 5.95. The Hall–Kier alpha value is -2.51. The molecule has 0 unspecified atom stereocenters. The minimum atomic E-state index is -0.527. The average molecular weight is 402 g/mol. The van der Waals surface area contributed by atoms with Crippen molar-refractivity contribution in [2.24, 2.45) is 0 Å². The molecule has 29 heavy (non-hydrogen) atoms. The zero-order chi connectivity index (χ0) is 20.6. The lowest BCUT2D eigenvalue weighted by Gasteiger charge is -2.28. The zero-order valence-corrected chi connectivity index (χ0v) is 16.6. The summed E-state index contributed by atoms with van der Waals surface area (Å²) >= 11 is 0. The summed E-state index contributed by atoms with van der Waals surface area (Å²) < 4.78 is 24.1. The van der Waals surface area contributed by atoms with Crippen molar-refractivity contribution in [3.8, 4) is 17.0 Å². The molecule has 1 saturated carbocycles. The highest BCUT2D eigenvalue weighted by atomic mass is 19.1. The largest absolute Gasteiger partial charge is 0.477 e. The van der Waals surface area contributed by atoms with Gasteiger partial charge in [0.2, 0.25) is 5.88 Å². The molecule has 0 spiro atoms. The van der Waals surface area contributed by atoms with E-state index in [0.717, 1.165) is 19.3 Å². The summed E-state index contributed by atoms with van der Waals surface area (Å²) in [4.78, 5) is 17.1. The van der Waals surface area contributed by atoms with Gasteiger partial charge < -0.3 is 19.9 Å². The van der Waals surface area contributed by atoms with Crippen LogP contribution in [0, 0.1) is 5.82 Å². The molecule has 1 amide bonds. The van der Waals surface area contributed by atoms with Crippen LogP contribution in [-0.4, -0.2) is 48.5 Å². The van der Waals surface area contributed by atoms with E-state index < -0.39 is 6.10 Å². The van der Waals surface area contributed by atoms with Crippen LogP contribution in [0.5, 0.6) is 5.88 Å². The second-order valence-electron chi connectivity index (χ2n) is 7.21. The van der Waals surface area contributed by atoms with Gasteiger partial charge in [-0.1, -0.05) is 25.0 Å². The van der Waals surface area contributed by atoms with Gasteiger partial charge >= 0.3 is 0 Å². The second kappa shape index (κ2) is 10.3. The maximum absolute atomic E-state index is 13.3. The molecule has 1 heterocycles. The second-order valence-corrected chi connectivity index (χ2v) is 7.21. The summed E-state index contributed by atoms with van der Waals surface area (Å²) in [5.41, 5.74) is 1.68. The number of aliphatic hydroxyl groups excluding tert-OH is 1. The molecule has 0 saturated heterocycles. The van der Waals surface area contributed by atoms with Crippen LogP contribution < -0.4 is 10.1 Å². The first kappa shape index (κ1) is 21.2. The van der Waals surface area contributed by atoms with E-state index in [1.54, 1.807) is 25.3 Å². The molecule has 1 fully saturated rings. The van der Waals surface area contributed by atoms with E-state index in [0.29, 0.717) is 48.6 Å². The molecule has 1 aromatic heterocycles. The number of hydrogen-bond acceptors (Lipinski definition) is 5. The Bertz CT molecular complexity index is 813. The standard InChI is InChI=1S/C22H27FN2O4/c1-28-11-4-12-29-22-18(15-7-9-17(23)10-8-15)13-16(14-24-22)21(27)25-19-5-2-3-6-20(19)26/h7-10,13-14,19-20,26H,2-6,11-12H2,1H3,(H,25,27)/t19-,20-/m1/s1. The lowest BCUT2D eigenvalue weighted by atomic mass is 9.92. The maximum Gasteiger partial charge on any atom is 0.253 e. The number of aromatic nitrogens is 1. The van der Waals surface area contributed by atoms with Gasteiger partial charge in [0.15, 0.2) is 0 Å². The summed E-state index contributed by atoms with van der Waals surface area (Å²) in [5, 5.41) is 13.0. The molecule has 1 aromatic carbocycles. The van der Waals surface area contributed by atoms with Gasteiger partial charge in [0.25, 0.3) is 5.91 Å². The molecular weight excluding hydrogens is 375 g/mol. The molecule has 0 radical (unpaired) electrons. The number of nitrogens with zero attached hydrogens (tertiary/aromatic N) is 1. The number of rotatable bonds is 8. The van der Waals surface area contributed by atoms with Crippen LogP contribution in [0.15, 0.2) is 36.5 Å². The Morgan fingerprint density at radius 3 is 2.72 bits per heavy atom. The number of aliphatic hydroxyl groups is 1. The minimum Gasteiger partial charge on any atom is -0.477 e. The van der Waals surface area contributed by atoms with Crippen LogP contribution in [0.4, 0.5) is 4.39 Å². The van der Waals surface area contributed by atoms with E-state index in [1.807, 2.05) is 0 Å². The van der Waals surface area contributed by atoms with Gasteiger partial charge in [0.1, 0.15) is 5.82 Å². The first-order valence-electron chi connectivity index (χ1n) is 9.95. The molecule has 3 rings (SSSR count). The van der Waals surface area contributed by atoms with Crippen LogP contribution in [0.2, 0.25) is 0 Å². The number of amides is 1. The fourth-order valence-corrected chi connectivity index (χ4v) is 3.43. The predicted molar refractivity (Wildman–Crippen MR) is 107 cm³/mol. The summed E-state index contributed by atoms with van der Waals surface area (Å²) in [6, 6.07) is 7.40. The number of ether oxygens (including phenoxy) is 2. The molecule has 1 aliphatic rings. The van der Waals surface area contributed by atoms with Crippen LogP contribution in [0.1, 0.15) is 42.5 Å². The van der Waals surface area contributed by atoms with Crippen molar-refractivity contribution in [1.29, 1.82) is 0 Å². The first-order chi connectivity index (χ1) is 14.1. The van der Waals surface area contributed by atoms with Crippen molar-refractivity contribution in [2.45, 2.75) is 44.2 Å². The third-order valence-corrected chi connectivity index (χ3v) is 5.05. The Morgan fingerprint density at radius 2 is 2.00 bits per heavy atom. The SMILES string of the molecule is COCCCOc1ncc(C(=O)N[C@@H]2CCCC[C@H]2O)cc1-c1ccc(F)cc1. The molecule has 0 aliphatic heterocycles. The zero-order valence-electron chi connectivity index (χ0n) is 16.6. The molecule has 7 heteroatoms. The average Bonchev–Trinajstić information content (AvgIpc) is 2.73. The molecule has 1 aliphatic carbocycles. The predicted octanol–water partition coefficient (Wildman–Crippen LogP) is 3.34. The van der Waals surface area contributed by atoms with E-state index in [2.05, 4.69) is 10.3 Å². The first-order valence-corrected chi connectivity index (χ1v) is 9.95. The summed E-state index contributed by atoms with van der Waals surface area (Å²) in [6.07, 6.45) is 5.03. The summed E-state index contributed by atoms with van der Waals surface area (Å²) in [5.74, 6) is -0.260. The van der Waals surface area contributed by atoms with E-state index in [1.165, 1.54) is 18.3 Å². The fraction of sp³-hybridized carbons (Fsp3) is 0.455. The topological polar surface area (TPSA) is 80.7 Å². The van der Waals surface area contributed by atoms with Crippen molar-refractivity contribution in [2.75, 3.05) is 20.3 Å². The normalized spacial score (nSPS) is 19.0. The lowest BCUT2D eigenvalue weighted by Crippen LogP contribution is -2.45. The Balaban J connectivity index is 1.81. The van der Waals surface area contributed by atoms with Gasteiger partial charge in [0.05, 0.1) is 24.3 Å². The van der Waals surface area contributed by atoms with Crippen LogP contribution in [-0.2, 0) is 4.74 Å². The number of methoxy groups -OCH3 is 1. The molecule has 0 bridgehead atoms. The molecule has 156 valence electrons.